The molecule has 11 heavy (non-hydrogen) atoms. The highest BCUT2D eigenvalue weighted by molar-refractivity contribution is 7.46. The number of phosphoric ester groups is 1. The van der Waals surface area contributed by atoms with Gasteiger partial charge in [0.1, 0.15) is 0 Å². The third-order valence-corrected chi connectivity index (χ3v) is 2.13. The lowest BCUT2D eigenvalue weighted by Crippen LogP contribution is -2.10. The molecular weight excluding hydrogens is 167 g/mol. The maximum atomic E-state index is 10.2. The van der Waals surface area contributed by atoms with E-state index in [9.17, 15) is 4.57 Å². The van der Waals surface area contributed by atoms with E-state index in [1.54, 1.807) is 0 Å². The Labute approximate surface area is 66.8 Å². The van der Waals surface area contributed by atoms with Crippen LogP contribution in [0, 0.1) is 11.8 Å². The van der Waals surface area contributed by atoms with Gasteiger partial charge in [-0.2, -0.15) is 0 Å². The normalized spacial score (nSPS) is 15.5. The molecule has 0 rings (SSSR count). The standard InChI is InChI=1S/C6H15O4P/c1-5(2)6(3)4-10-11(7,8)9/h5-6H,4H2,1-3H3,(H2,7,8,9). The summed E-state index contributed by atoms with van der Waals surface area (Å²) in [4.78, 5) is 16.7. The van der Waals surface area contributed by atoms with Crippen LogP contribution < -0.4 is 0 Å². The van der Waals surface area contributed by atoms with Gasteiger partial charge in [-0.25, -0.2) is 4.57 Å². The molecule has 0 heterocycles. The van der Waals surface area contributed by atoms with Crippen molar-refractivity contribution in [3.8, 4) is 0 Å². The van der Waals surface area contributed by atoms with E-state index < -0.39 is 7.82 Å². The third kappa shape index (κ3) is 6.51. The summed E-state index contributed by atoms with van der Waals surface area (Å²) in [6, 6.07) is 0. The van der Waals surface area contributed by atoms with Gasteiger partial charge in [-0.3, -0.25) is 4.52 Å². The zero-order valence-electron chi connectivity index (χ0n) is 7.02. The molecule has 0 spiro atoms. The first-order valence-electron chi connectivity index (χ1n) is 3.53. The molecule has 68 valence electrons. The van der Waals surface area contributed by atoms with Gasteiger partial charge in [0, 0.05) is 0 Å². The van der Waals surface area contributed by atoms with Crippen molar-refractivity contribution in [3.05, 3.63) is 0 Å². The predicted molar refractivity (Wildman–Crippen MR) is 42.0 cm³/mol. The Hall–Kier alpha value is 0.110. The van der Waals surface area contributed by atoms with Crippen LogP contribution in [0.3, 0.4) is 0 Å². The summed E-state index contributed by atoms with van der Waals surface area (Å²) in [6.07, 6.45) is 0. The molecule has 1 unspecified atom stereocenters. The first-order chi connectivity index (χ1) is 4.83. The molecule has 1 atom stereocenters. The molecule has 0 saturated carbocycles. The van der Waals surface area contributed by atoms with Gasteiger partial charge in [0.05, 0.1) is 6.61 Å². The minimum atomic E-state index is -4.26. The van der Waals surface area contributed by atoms with Gasteiger partial charge in [0.2, 0.25) is 0 Å². The minimum absolute atomic E-state index is 0.113. The van der Waals surface area contributed by atoms with Crippen LogP contribution in [0.5, 0.6) is 0 Å². The van der Waals surface area contributed by atoms with Crippen molar-refractivity contribution in [2.75, 3.05) is 6.61 Å². The lowest BCUT2D eigenvalue weighted by atomic mass is 10.00. The van der Waals surface area contributed by atoms with Crippen LogP contribution in [-0.4, -0.2) is 16.4 Å². The van der Waals surface area contributed by atoms with E-state index in [0.29, 0.717) is 5.92 Å². The monoisotopic (exact) mass is 182 g/mol. The number of hydrogen-bond acceptors (Lipinski definition) is 2. The van der Waals surface area contributed by atoms with Gasteiger partial charge in [0.25, 0.3) is 0 Å². The van der Waals surface area contributed by atoms with Crippen LogP contribution in [0.1, 0.15) is 20.8 Å². The van der Waals surface area contributed by atoms with Crippen molar-refractivity contribution < 1.29 is 18.9 Å². The van der Waals surface area contributed by atoms with E-state index in [1.165, 1.54) is 0 Å². The molecule has 0 aromatic carbocycles. The second kappa shape index (κ2) is 4.21. The smallest absolute Gasteiger partial charge is 0.303 e. The second-order valence-corrected chi connectivity index (χ2v) is 4.25. The number of phosphoric acid groups is 1. The van der Waals surface area contributed by atoms with Crippen LogP contribution in [0.2, 0.25) is 0 Å². The Morgan fingerprint density at radius 2 is 1.82 bits per heavy atom. The fourth-order valence-electron chi connectivity index (χ4n) is 0.407. The molecular formula is C6H15O4P. The van der Waals surface area contributed by atoms with Crippen molar-refractivity contribution in [2.24, 2.45) is 11.8 Å². The summed E-state index contributed by atoms with van der Waals surface area (Å²) in [5.41, 5.74) is 0. The van der Waals surface area contributed by atoms with Crippen LogP contribution in [0.25, 0.3) is 0 Å². The molecule has 0 aliphatic carbocycles. The largest absolute Gasteiger partial charge is 0.469 e. The van der Waals surface area contributed by atoms with Crippen LogP contribution >= 0.6 is 7.82 Å². The average Bonchev–Trinajstić information content (AvgIpc) is 1.80. The molecule has 2 N–H and O–H groups in total. The zero-order chi connectivity index (χ0) is 9.07. The lowest BCUT2D eigenvalue weighted by Gasteiger charge is -2.15. The van der Waals surface area contributed by atoms with Gasteiger partial charge >= 0.3 is 7.82 Å². The van der Waals surface area contributed by atoms with E-state index in [-0.39, 0.29) is 12.5 Å². The molecule has 5 heteroatoms. The Balaban J connectivity index is 3.63. The molecule has 0 fully saturated rings. The maximum Gasteiger partial charge on any atom is 0.469 e. The van der Waals surface area contributed by atoms with Gasteiger partial charge in [-0.15, -0.1) is 0 Å². The highest BCUT2D eigenvalue weighted by Crippen LogP contribution is 2.36. The lowest BCUT2D eigenvalue weighted by molar-refractivity contribution is 0.156. The van der Waals surface area contributed by atoms with Crippen molar-refractivity contribution >= 4 is 7.82 Å². The fraction of sp³-hybridized carbons (Fsp3) is 1.00. The molecule has 0 radical (unpaired) electrons. The highest BCUT2D eigenvalue weighted by atomic mass is 31.2. The summed E-state index contributed by atoms with van der Waals surface area (Å²) >= 11 is 0. The molecule has 0 aliphatic rings. The van der Waals surface area contributed by atoms with Gasteiger partial charge in [-0.05, 0) is 11.8 Å². The zero-order valence-corrected chi connectivity index (χ0v) is 7.91. The predicted octanol–water partition coefficient (Wildman–Crippen LogP) is 1.39. The fourth-order valence-corrected chi connectivity index (χ4v) is 0.836. The first-order valence-corrected chi connectivity index (χ1v) is 5.06. The van der Waals surface area contributed by atoms with Crippen molar-refractivity contribution in [1.82, 2.24) is 0 Å². The van der Waals surface area contributed by atoms with Crippen LogP contribution in [-0.2, 0) is 9.09 Å². The van der Waals surface area contributed by atoms with E-state index in [4.69, 9.17) is 9.79 Å². The molecule has 4 nitrogen and oxygen atoms in total. The SMILES string of the molecule is CC(C)C(C)COP(=O)(O)O. The Kier molecular flexibility index (Phi) is 4.26. The second-order valence-electron chi connectivity index (χ2n) is 3.01. The van der Waals surface area contributed by atoms with Gasteiger partial charge in [0.15, 0.2) is 0 Å². The molecule has 0 aromatic rings. The minimum Gasteiger partial charge on any atom is -0.303 e. The Morgan fingerprint density at radius 3 is 2.09 bits per heavy atom. The summed E-state index contributed by atoms with van der Waals surface area (Å²) in [5.74, 6) is 0.546. The van der Waals surface area contributed by atoms with Crippen LogP contribution in [0.4, 0.5) is 0 Å². The molecule has 0 saturated heterocycles. The first kappa shape index (κ1) is 11.1. The number of hydrogen-bond donors (Lipinski definition) is 2. The highest BCUT2D eigenvalue weighted by Gasteiger charge is 2.16. The van der Waals surface area contributed by atoms with E-state index >= 15 is 0 Å². The van der Waals surface area contributed by atoms with E-state index in [1.807, 2.05) is 20.8 Å². The van der Waals surface area contributed by atoms with E-state index in [2.05, 4.69) is 4.52 Å². The summed E-state index contributed by atoms with van der Waals surface area (Å²) in [5, 5.41) is 0. The van der Waals surface area contributed by atoms with Crippen LogP contribution in [0.15, 0.2) is 0 Å². The quantitative estimate of drug-likeness (QED) is 0.644. The van der Waals surface area contributed by atoms with Crippen molar-refractivity contribution in [3.63, 3.8) is 0 Å². The van der Waals surface area contributed by atoms with Gasteiger partial charge in [-0.1, -0.05) is 20.8 Å². The van der Waals surface area contributed by atoms with E-state index in [0.717, 1.165) is 0 Å². The number of rotatable bonds is 4. The Bertz CT molecular complexity index is 151. The Morgan fingerprint density at radius 1 is 1.36 bits per heavy atom. The summed E-state index contributed by atoms with van der Waals surface area (Å²) in [7, 11) is -4.26. The molecule has 0 amide bonds. The van der Waals surface area contributed by atoms with Crippen molar-refractivity contribution in [1.29, 1.82) is 0 Å². The average molecular weight is 182 g/mol. The molecule has 0 aliphatic heterocycles. The maximum absolute atomic E-state index is 10.2. The van der Waals surface area contributed by atoms with Crippen molar-refractivity contribution in [2.45, 2.75) is 20.8 Å². The summed E-state index contributed by atoms with van der Waals surface area (Å²) in [6.45, 7) is 5.96. The van der Waals surface area contributed by atoms with Gasteiger partial charge < -0.3 is 9.79 Å². The molecule has 0 bridgehead atoms. The third-order valence-electron chi connectivity index (χ3n) is 1.64. The summed E-state index contributed by atoms with van der Waals surface area (Å²) < 4.78 is 14.5. The molecule has 0 aromatic heterocycles. The topological polar surface area (TPSA) is 66.8 Å².